The second kappa shape index (κ2) is 2.63. The van der Waals surface area contributed by atoms with Crippen LogP contribution in [0.25, 0.3) is 0 Å². The zero-order valence-corrected chi connectivity index (χ0v) is 7.51. The summed E-state index contributed by atoms with van der Waals surface area (Å²) in [6.45, 7) is 9.50. The van der Waals surface area contributed by atoms with Crippen LogP contribution in [0.1, 0.15) is 37.8 Å². The van der Waals surface area contributed by atoms with Gasteiger partial charge in [0.25, 0.3) is 0 Å². The van der Waals surface area contributed by atoms with Crippen LogP contribution in [0.15, 0.2) is 4.52 Å². The summed E-state index contributed by atoms with van der Waals surface area (Å²) in [4.78, 5) is 0. The van der Waals surface area contributed by atoms with Crippen molar-refractivity contribution in [3.63, 3.8) is 0 Å². The summed E-state index contributed by atoms with van der Waals surface area (Å²) in [6, 6.07) is 2.03. The largest absolute Gasteiger partial charge is 0.359 e. The quantitative estimate of drug-likeness (QED) is 0.588. The lowest BCUT2D eigenvalue weighted by Gasteiger charge is -2.13. The third kappa shape index (κ3) is 1.33. The summed E-state index contributed by atoms with van der Waals surface area (Å²) in [5.74, 6) is 0.606. The smallest absolute Gasteiger partial charge is 0.160 e. The van der Waals surface area contributed by atoms with Crippen molar-refractivity contribution in [3.05, 3.63) is 23.9 Å². The minimum atomic E-state index is -0.187. The Labute approximate surface area is 72.0 Å². The molecule has 0 N–H and O–H groups in total. The molecule has 0 atom stereocenters. The Balaban J connectivity index is 3.28. The van der Waals surface area contributed by atoms with Crippen molar-refractivity contribution in [1.82, 2.24) is 5.16 Å². The fourth-order valence-corrected chi connectivity index (χ4v) is 0.950. The van der Waals surface area contributed by atoms with E-state index in [-0.39, 0.29) is 5.41 Å². The fraction of sp³-hybridized carbons (Fsp3) is 0.444. The Morgan fingerprint density at radius 3 is 2.42 bits per heavy atom. The number of nitrogens with zero attached hydrogens (tertiary/aromatic N) is 2. The molecule has 0 amide bonds. The fourth-order valence-electron chi connectivity index (χ4n) is 0.950. The first-order valence-corrected chi connectivity index (χ1v) is 3.69. The molecule has 0 aliphatic rings. The highest BCUT2D eigenvalue weighted by Crippen LogP contribution is 2.26. The van der Waals surface area contributed by atoms with Gasteiger partial charge in [0.2, 0.25) is 0 Å². The number of hydrogen-bond acceptors (Lipinski definition) is 3. The van der Waals surface area contributed by atoms with E-state index in [1.54, 1.807) is 0 Å². The molecule has 1 aromatic rings. The van der Waals surface area contributed by atoms with Crippen molar-refractivity contribution in [2.75, 3.05) is 0 Å². The lowest BCUT2D eigenvalue weighted by atomic mass is 9.90. The van der Waals surface area contributed by atoms with Gasteiger partial charge < -0.3 is 4.52 Å². The van der Waals surface area contributed by atoms with Gasteiger partial charge in [-0.15, -0.1) is 0 Å². The first-order valence-electron chi connectivity index (χ1n) is 3.69. The van der Waals surface area contributed by atoms with Crippen LogP contribution < -0.4 is 0 Å². The van der Waals surface area contributed by atoms with Crippen molar-refractivity contribution >= 4 is 0 Å². The summed E-state index contributed by atoms with van der Waals surface area (Å²) >= 11 is 0. The first-order chi connectivity index (χ1) is 5.46. The van der Waals surface area contributed by atoms with Gasteiger partial charge in [-0.3, -0.25) is 0 Å². The molecule has 0 saturated carbocycles. The molecule has 1 heterocycles. The van der Waals surface area contributed by atoms with Crippen LogP contribution in [-0.4, -0.2) is 5.16 Å². The van der Waals surface area contributed by atoms with E-state index in [4.69, 9.17) is 9.78 Å². The molecule has 0 fully saturated rings. The molecule has 0 aromatic carbocycles. The van der Waals surface area contributed by atoms with Gasteiger partial charge in [0, 0.05) is 12.3 Å². The van der Waals surface area contributed by atoms with E-state index >= 15 is 0 Å². The maximum atomic E-state index is 8.76. The number of nitriles is 1. The topological polar surface area (TPSA) is 49.8 Å². The van der Waals surface area contributed by atoms with Crippen molar-refractivity contribution in [1.29, 1.82) is 5.26 Å². The van der Waals surface area contributed by atoms with E-state index in [2.05, 4.69) is 12.1 Å². The zero-order chi connectivity index (χ0) is 9.35. The van der Waals surface area contributed by atoms with Gasteiger partial charge in [0.05, 0.1) is 0 Å². The standard InChI is InChI=1S/C9H11N2O/c1-6-7(5-10)8(12-11-6)9(2,3)4/h1H2,2-4H3. The Morgan fingerprint density at radius 1 is 1.50 bits per heavy atom. The highest BCUT2D eigenvalue weighted by Gasteiger charge is 2.24. The molecule has 3 nitrogen and oxygen atoms in total. The van der Waals surface area contributed by atoms with Gasteiger partial charge in [-0.1, -0.05) is 25.9 Å². The SMILES string of the molecule is [CH2]c1noc(C(C)(C)C)c1C#N. The van der Waals surface area contributed by atoms with Crippen LogP contribution in [0.2, 0.25) is 0 Å². The number of aromatic nitrogens is 1. The monoisotopic (exact) mass is 163 g/mol. The van der Waals surface area contributed by atoms with E-state index in [1.165, 1.54) is 0 Å². The predicted octanol–water partition coefficient (Wildman–Crippen LogP) is 2.03. The molecule has 0 saturated heterocycles. The van der Waals surface area contributed by atoms with Crippen molar-refractivity contribution in [3.8, 4) is 6.07 Å². The second-order valence-electron chi connectivity index (χ2n) is 3.70. The molecular weight excluding hydrogens is 152 g/mol. The average Bonchev–Trinajstić information content (AvgIpc) is 2.29. The lowest BCUT2D eigenvalue weighted by Crippen LogP contribution is -2.11. The Kier molecular flexibility index (Phi) is 1.93. The number of rotatable bonds is 0. The van der Waals surface area contributed by atoms with Gasteiger partial charge in [-0.25, -0.2) is 0 Å². The van der Waals surface area contributed by atoms with E-state index in [9.17, 15) is 0 Å². The van der Waals surface area contributed by atoms with Crippen LogP contribution in [0.3, 0.4) is 0 Å². The van der Waals surface area contributed by atoms with Crippen LogP contribution in [0.5, 0.6) is 0 Å². The van der Waals surface area contributed by atoms with E-state index in [0.717, 1.165) is 0 Å². The third-order valence-electron chi connectivity index (χ3n) is 1.56. The van der Waals surface area contributed by atoms with E-state index in [1.807, 2.05) is 26.8 Å². The molecule has 0 aliphatic carbocycles. The molecule has 1 aromatic heterocycles. The van der Waals surface area contributed by atoms with Crippen LogP contribution in [0, 0.1) is 18.3 Å². The zero-order valence-electron chi connectivity index (χ0n) is 7.51. The highest BCUT2D eigenvalue weighted by molar-refractivity contribution is 5.40. The number of hydrogen-bond donors (Lipinski definition) is 0. The average molecular weight is 163 g/mol. The maximum Gasteiger partial charge on any atom is 0.160 e. The van der Waals surface area contributed by atoms with Crippen LogP contribution in [0.4, 0.5) is 0 Å². The molecule has 0 spiro atoms. The van der Waals surface area contributed by atoms with Gasteiger partial charge >= 0.3 is 0 Å². The molecule has 3 heteroatoms. The minimum Gasteiger partial charge on any atom is -0.359 e. The molecule has 63 valence electrons. The van der Waals surface area contributed by atoms with E-state index < -0.39 is 0 Å². The van der Waals surface area contributed by atoms with Gasteiger partial charge in [-0.05, 0) is 0 Å². The van der Waals surface area contributed by atoms with Crippen molar-refractivity contribution < 1.29 is 4.52 Å². The van der Waals surface area contributed by atoms with Gasteiger partial charge in [0.15, 0.2) is 5.76 Å². The summed E-state index contributed by atoms with van der Waals surface area (Å²) in [6.07, 6.45) is 0. The van der Waals surface area contributed by atoms with Gasteiger partial charge in [0.1, 0.15) is 17.3 Å². The molecule has 0 bridgehead atoms. The Bertz CT molecular complexity index is 325. The molecule has 0 unspecified atom stereocenters. The highest BCUT2D eigenvalue weighted by atomic mass is 16.5. The van der Waals surface area contributed by atoms with Gasteiger partial charge in [-0.2, -0.15) is 5.26 Å². The Hall–Kier alpha value is -1.30. The van der Waals surface area contributed by atoms with Crippen molar-refractivity contribution in [2.24, 2.45) is 0 Å². The molecule has 1 radical (unpaired) electrons. The van der Waals surface area contributed by atoms with Crippen LogP contribution >= 0.6 is 0 Å². The van der Waals surface area contributed by atoms with Crippen LogP contribution in [-0.2, 0) is 5.41 Å². The second-order valence-corrected chi connectivity index (χ2v) is 3.70. The summed E-state index contributed by atoms with van der Waals surface area (Å²) in [5, 5.41) is 12.4. The summed E-state index contributed by atoms with van der Waals surface area (Å²) < 4.78 is 5.02. The molecule has 0 aliphatic heterocycles. The maximum absolute atomic E-state index is 8.76. The summed E-state index contributed by atoms with van der Waals surface area (Å²) in [7, 11) is 0. The normalized spacial score (nSPS) is 11.2. The predicted molar refractivity (Wildman–Crippen MR) is 44.4 cm³/mol. The van der Waals surface area contributed by atoms with E-state index in [0.29, 0.717) is 17.0 Å². The lowest BCUT2D eigenvalue weighted by molar-refractivity contribution is 0.327. The molecular formula is C9H11N2O. The first kappa shape index (κ1) is 8.79. The Morgan fingerprint density at radius 2 is 2.08 bits per heavy atom. The minimum absolute atomic E-state index is 0.187. The molecule has 12 heavy (non-hydrogen) atoms. The molecule has 1 rings (SSSR count). The third-order valence-corrected chi connectivity index (χ3v) is 1.56. The summed E-state index contributed by atoms with van der Waals surface area (Å²) in [5.41, 5.74) is 0.693. The van der Waals surface area contributed by atoms with Crippen molar-refractivity contribution in [2.45, 2.75) is 26.2 Å².